The fourth-order valence-electron chi connectivity index (χ4n) is 1.46. The van der Waals surface area contributed by atoms with Crippen LogP contribution in [0.3, 0.4) is 0 Å². The van der Waals surface area contributed by atoms with Crippen LogP contribution in [-0.4, -0.2) is 17.4 Å². The molecule has 0 radical (unpaired) electrons. The van der Waals surface area contributed by atoms with E-state index in [1.54, 1.807) is 16.8 Å². The maximum Gasteiger partial charge on any atom is 0.263 e. The van der Waals surface area contributed by atoms with E-state index in [-0.39, 0.29) is 5.91 Å². The number of carbonyl (C=O) groups excluding carboxylic acids is 1. The molecule has 2 aromatic rings. The van der Waals surface area contributed by atoms with E-state index in [2.05, 4.69) is 22.1 Å². The van der Waals surface area contributed by atoms with Crippen molar-refractivity contribution in [1.82, 2.24) is 10.3 Å². The standard InChI is InChI=1S/C13H13N3OS2/c1-9-12(19-8-16-9)13(17)15-6-11-5-10(7-18-11)3-2-4-14/h5,7-8H,4,6,14H2,1H3,(H,15,17). The average Bonchev–Trinajstić information content (AvgIpc) is 3.02. The molecule has 0 unspecified atom stereocenters. The van der Waals surface area contributed by atoms with Gasteiger partial charge in [0.1, 0.15) is 4.88 Å². The van der Waals surface area contributed by atoms with Crippen LogP contribution in [0.2, 0.25) is 0 Å². The number of carbonyl (C=O) groups is 1. The molecule has 3 N–H and O–H groups in total. The monoisotopic (exact) mass is 291 g/mol. The number of hydrogen-bond acceptors (Lipinski definition) is 5. The molecule has 0 bridgehead atoms. The van der Waals surface area contributed by atoms with Crippen molar-refractivity contribution < 1.29 is 4.79 Å². The van der Waals surface area contributed by atoms with Gasteiger partial charge in [-0.2, -0.15) is 0 Å². The topological polar surface area (TPSA) is 68.0 Å². The lowest BCUT2D eigenvalue weighted by Crippen LogP contribution is -2.22. The highest BCUT2D eigenvalue weighted by Gasteiger charge is 2.11. The van der Waals surface area contributed by atoms with Crippen LogP contribution in [0.4, 0.5) is 0 Å². The second-order valence-corrected chi connectivity index (χ2v) is 5.61. The van der Waals surface area contributed by atoms with Gasteiger partial charge in [-0.05, 0) is 13.0 Å². The number of nitrogens with two attached hydrogens (primary N) is 1. The Balaban J connectivity index is 1.94. The van der Waals surface area contributed by atoms with Gasteiger partial charge in [0.2, 0.25) is 0 Å². The molecule has 0 fully saturated rings. The van der Waals surface area contributed by atoms with Gasteiger partial charge in [0.25, 0.3) is 5.91 Å². The van der Waals surface area contributed by atoms with Gasteiger partial charge in [0.15, 0.2) is 0 Å². The Morgan fingerprint density at radius 3 is 3.05 bits per heavy atom. The fourth-order valence-corrected chi connectivity index (χ4v) is 2.93. The van der Waals surface area contributed by atoms with Crippen LogP contribution in [0.25, 0.3) is 0 Å². The molecule has 98 valence electrons. The molecule has 0 saturated heterocycles. The highest BCUT2D eigenvalue weighted by molar-refractivity contribution is 7.12. The molecule has 0 saturated carbocycles. The van der Waals surface area contributed by atoms with E-state index < -0.39 is 0 Å². The highest BCUT2D eigenvalue weighted by Crippen LogP contribution is 2.15. The number of nitrogens with one attached hydrogen (secondary N) is 1. The first-order valence-corrected chi connectivity index (χ1v) is 7.41. The number of hydrogen-bond donors (Lipinski definition) is 2. The number of rotatable bonds is 3. The molecule has 6 heteroatoms. The minimum atomic E-state index is -0.0806. The molecule has 0 atom stereocenters. The summed E-state index contributed by atoms with van der Waals surface area (Å²) in [5.74, 6) is 5.69. The van der Waals surface area contributed by atoms with Crippen molar-refractivity contribution in [1.29, 1.82) is 0 Å². The molecule has 19 heavy (non-hydrogen) atoms. The van der Waals surface area contributed by atoms with E-state index in [1.165, 1.54) is 11.3 Å². The molecule has 0 spiro atoms. The van der Waals surface area contributed by atoms with E-state index in [0.29, 0.717) is 18.0 Å². The Kier molecular flexibility index (Phi) is 4.68. The minimum absolute atomic E-state index is 0.0806. The summed E-state index contributed by atoms with van der Waals surface area (Å²) >= 11 is 2.93. The van der Waals surface area contributed by atoms with Crippen LogP contribution < -0.4 is 11.1 Å². The number of nitrogens with zero attached hydrogens (tertiary/aromatic N) is 1. The van der Waals surface area contributed by atoms with Gasteiger partial charge >= 0.3 is 0 Å². The Morgan fingerprint density at radius 1 is 1.53 bits per heavy atom. The van der Waals surface area contributed by atoms with Gasteiger partial charge in [-0.1, -0.05) is 11.8 Å². The third-order valence-corrected chi connectivity index (χ3v) is 4.23. The lowest BCUT2D eigenvalue weighted by atomic mass is 10.3. The zero-order valence-corrected chi connectivity index (χ0v) is 12.0. The zero-order chi connectivity index (χ0) is 13.7. The van der Waals surface area contributed by atoms with Gasteiger partial charge in [0, 0.05) is 15.8 Å². The van der Waals surface area contributed by atoms with Crippen LogP contribution in [0.1, 0.15) is 25.8 Å². The van der Waals surface area contributed by atoms with Gasteiger partial charge in [-0.25, -0.2) is 4.98 Å². The number of amides is 1. The Hall–Kier alpha value is -1.68. The van der Waals surface area contributed by atoms with Crippen molar-refractivity contribution in [3.8, 4) is 11.8 Å². The fraction of sp³-hybridized carbons (Fsp3) is 0.231. The molecule has 2 rings (SSSR count). The van der Waals surface area contributed by atoms with Gasteiger partial charge in [-0.15, -0.1) is 22.7 Å². The predicted octanol–water partition coefficient (Wildman–Crippen LogP) is 1.75. The Bertz CT molecular complexity index is 634. The summed E-state index contributed by atoms with van der Waals surface area (Å²) < 4.78 is 0. The summed E-state index contributed by atoms with van der Waals surface area (Å²) in [4.78, 5) is 17.7. The first-order valence-electron chi connectivity index (χ1n) is 5.65. The largest absolute Gasteiger partial charge is 0.346 e. The van der Waals surface area contributed by atoms with Crippen molar-refractivity contribution >= 4 is 28.6 Å². The third kappa shape index (κ3) is 3.64. The van der Waals surface area contributed by atoms with Crippen molar-refractivity contribution in [2.75, 3.05) is 6.54 Å². The Morgan fingerprint density at radius 2 is 2.37 bits per heavy atom. The molecule has 4 nitrogen and oxygen atoms in total. The smallest absolute Gasteiger partial charge is 0.263 e. The van der Waals surface area contributed by atoms with E-state index in [0.717, 1.165) is 16.1 Å². The van der Waals surface area contributed by atoms with Gasteiger partial charge in [-0.3, -0.25) is 4.79 Å². The van der Waals surface area contributed by atoms with Crippen molar-refractivity contribution in [2.24, 2.45) is 5.73 Å². The van der Waals surface area contributed by atoms with Crippen LogP contribution in [0.5, 0.6) is 0 Å². The van der Waals surface area contributed by atoms with Gasteiger partial charge < -0.3 is 11.1 Å². The third-order valence-electron chi connectivity index (χ3n) is 2.36. The van der Waals surface area contributed by atoms with Crippen molar-refractivity contribution in [3.05, 3.63) is 38.0 Å². The van der Waals surface area contributed by atoms with Crippen molar-refractivity contribution in [2.45, 2.75) is 13.5 Å². The van der Waals surface area contributed by atoms with Crippen LogP contribution in [0.15, 0.2) is 17.0 Å². The maximum atomic E-state index is 11.9. The molecule has 0 aliphatic carbocycles. The van der Waals surface area contributed by atoms with E-state index in [9.17, 15) is 4.79 Å². The van der Waals surface area contributed by atoms with Crippen LogP contribution >= 0.6 is 22.7 Å². The lowest BCUT2D eigenvalue weighted by molar-refractivity contribution is 0.0954. The first kappa shape index (κ1) is 13.7. The second-order valence-electron chi connectivity index (χ2n) is 3.76. The molecular formula is C13H13N3OS2. The summed E-state index contributed by atoms with van der Waals surface area (Å²) in [6, 6.07) is 1.97. The maximum absolute atomic E-state index is 11.9. The number of thiazole rings is 1. The van der Waals surface area contributed by atoms with E-state index >= 15 is 0 Å². The normalized spacial score (nSPS) is 9.79. The summed E-state index contributed by atoms with van der Waals surface area (Å²) in [5.41, 5.74) is 8.70. The first-order chi connectivity index (χ1) is 9.20. The number of thiophene rings is 1. The van der Waals surface area contributed by atoms with Crippen LogP contribution in [-0.2, 0) is 6.54 Å². The SMILES string of the molecule is Cc1ncsc1C(=O)NCc1cc(C#CCN)cs1. The molecular weight excluding hydrogens is 278 g/mol. The zero-order valence-electron chi connectivity index (χ0n) is 10.4. The quantitative estimate of drug-likeness (QED) is 0.847. The lowest BCUT2D eigenvalue weighted by Gasteiger charge is -2.01. The highest BCUT2D eigenvalue weighted by atomic mass is 32.1. The molecule has 0 aliphatic rings. The predicted molar refractivity (Wildman–Crippen MR) is 78.3 cm³/mol. The summed E-state index contributed by atoms with van der Waals surface area (Å²) in [5, 5.41) is 4.84. The number of aryl methyl sites for hydroxylation is 1. The molecule has 1 amide bonds. The minimum Gasteiger partial charge on any atom is -0.346 e. The van der Waals surface area contributed by atoms with Gasteiger partial charge in [0.05, 0.1) is 24.3 Å². The summed E-state index contributed by atoms with van der Waals surface area (Å²) in [6.45, 7) is 2.69. The van der Waals surface area contributed by atoms with E-state index in [4.69, 9.17) is 5.73 Å². The van der Waals surface area contributed by atoms with Crippen LogP contribution in [0, 0.1) is 18.8 Å². The summed E-state index contributed by atoms with van der Waals surface area (Å²) in [7, 11) is 0. The number of aromatic nitrogens is 1. The molecule has 0 aromatic carbocycles. The van der Waals surface area contributed by atoms with Crippen molar-refractivity contribution in [3.63, 3.8) is 0 Å². The summed E-state index contributed by atoms with van der Waals surface area (Å²) in [6.07, 6.45) is 0. The average molecular weight is 291 g/mol. The molecule has 0 aliphatic heterocycles. The van der Waals surface area contributed by atoms with E-state index in [1.807, 2.05) is 18.4 Å². The molecule has 2 heterocycles. The second kappa shape index (κ2) is 6.48. The molecule has 2 aromatic heterocycles. The Labute approximate surface area is 119 Å².